The first-order chi connectivity index (χ1) is 8.29. The maximum Gasteiger partial charge on any atom is 0.158 e. The largest absolute Gasteiger partial charge is 0.351 e. The minimum Gasteiger partial charge on any atom is -0.351 e. The Morgan fingerprint density at radius 2 is 1.82 bits per heavy atom. The van der Waals surface area contributed by atoms with Gasteiger partial charge in [-0.15, -0.1) is 0 Å². The summed E-state index contributed by atoms with van der Waals surface area (Å²) in [6.45, 7) is 2.19. The molecule has 86 valence electrons. The van der Waals surface area contributed by atoms with Gasteiger partial charge in [0.05, 0.1) is 5.69 Å². The number of hydrogen-bond acceptors (Lipinski definition) is 3. The highest BCUT2D eigenvalue weighted by atomic mass is 15.4. The molecule has 0 amide bonds. The molecule has 1 atom stereocenters. The van der Waals surface area contributed by atoms with Crippen molar-refractivity contribution in [1.29, 1.82) is 0 Å². The van der Waals surface area contributed by atoms with Crippen LogP contribution in [0.1, 0.15) is 6.92 Å². The van der Waals surface area contributed by atoms with E-state index in [1.54, 1.807) is 0 Å². The van der Waals surface area contributed by atoms with Crippen LogP contribution in [0.25, 0.3) is 0 Å². The molecule has 2 aromatic rings. The van der Waals surface area contributed by atoms with Crippen molar-refractivity contribution < 1.29 is 0 Å². The molecule has 0 aliphatic carbocycles. The number of anilines is 3. The van der Waals surface area contributed by atoms with Crippen LogP contribution in [0, 0.1) is 0 Å². The molecular weight excluding hydrogens is 210 g/mol. The molecule has 1 aliphatic heterocycles. The topological polar surface area (TPSA) is 19.4 Å². The van der Waals surface area contributed by atoms with E-state index in [1.165, 1.54) is 11.4 Å². The lowest BCUT2D eigenvalue weighted by Crippen LogP contribution is -2.35. The molecule has 1 aromatic carbocycles. The van der Waals surface area contributed by atoms with Crippen molar-refractivity contribution in [3.63, 3.8) is 0 Å². The number of aromatic nitrogens is 1. The van der Waals surface area contributed by atoms with Crippen LogP contribution in [-0.4, -0.2) is 18.2 Å². The molecule has 2 heterocycles. The monoisotopic (exact) mass is 225 g/mol. The van der Waals surface area contributed by atoms with E-state index in [2.05, 4.69) is 59.1 Å². The Morgan fingerprint density at radius 1 is 1.06 bits per heavy atom. The molecule has 3 rings (SSSR count). The zero-order valence-corrected chi connectivity index (χ0v) is 10.0. The molecule has 0 saturated heterocycles. The van der Waals surface area contributed by atoms with Crippen LogP contribution in [0.3, 0.4) is 0 Å². The van der Waals surface area contributed by atoms with Gasteiger partial charge in [-0.3, -0.25) is 0 Å². The average molecular weight is 225 g/mol. The van der Waals surface area contributed by atoms with Crippen LogP contribution in [-0.2, 0) is 0 Å². The van der Waals surface area contributed by atoms with Gasteiger partial charge in [0, 0.05) is 18.9 Å². The van der Waals surface area contributed by atoms with Crippen LogP contribution < -0.4 is 9.80 Å². The quantitative estimate of drug-likeness (QED) is 0.743. The Morgan fingerprint density at radius 3 is 2.59 bits per heavy atom. The molecule has 0 spiro atoms. The predicted octanol–water partition coefficient (Wildman–Crippen LogP) is 3.02. The Hall–Kier alpha value is -2.03. The zero-order valence-electron chi connectivity index (χ0n) is 10.0. The maximum absolute atomic E-state index is 4.50. The van der Waals surface area contributed by atoms with Crippen molar-refractivity contribution in [2.45, 2.75) is 13.1 Å². The highest BCUT2D eigenvalue weighted by molar-refractivity contribution is 5.79. The van der Waals surface area contributed by atoms with Gasteiger partial charge in [-0.05, 0) is 31.2 Å². The maximum atomic E-state index is 4.50. The predicted molar refractivity (Wildman–Crippen MR) is 70.7 cm³/mol. The van der Waals surface area contributed by atoms with Crippen molar-refractivity contribution in [1.82, 2.24) is 4.98 Å². The van der Waals surface area contributed by atoms with E-state index >= 15 is 0 Å². The highest BCUT2D eigenvalue weighted by Crippen LogP contribution is 2.40. The van der Waals surface area contributed by atoms with E-state index in [9.17, 15) is 0 Å². The summed E-state index contributed by atoms with van der Waals surface area (Å²) in [5.41, 5.74) is 2.37. The summed E-state index contributed by atoms with van der Waals surface area (Å²) in [6, 6.07) is 14.5. The van der Waals surface area contributed by atoms with Crippen LogP contribution in [0.5, 0.6) is 0 Å². The summed E-state index contributed by atoms with van der Waals surface area (Å²) in [5, 5.41) is 0. The molecule has 0 fully saturated rings. The fourth-order valence-electron chi connectivity index (χ4n) is 2.33. The van der Waals surface area contributed by atoms with E-state index in [-0.39, 0.29) is 0 Å². The fourth-order valence-corrected chi connectivity index (χ4v) is 2.33. The van der Waals surface area contributed by atoms with E-state index in [0.717, 1.165) is 5.82 Å². The van der Waals surface area contributed by atoms with Crippen LogP contribution in [0.2, 0.25) is 0 Å². The molecule has 17 heavy (non-hydrogen) atoms. The minimum absolute atomic E-state index is 0.294. The normalized spacial score (nSPS) is 18.4. The lowest BCUT2D eigenvalue weighted by atomic mass is 10.3. The summed E-state index contributed by atoms with van der Waals surface area (Å²) >= 11 is 0. The van der Waals surface area contributed by atoms with Crippen LogP contribution >= 0.6 is 0 Å². The van der Waals surface area contributed by atoms with Crippen molar-refractivity contribution in [2.24, 2.45) is 0 Å². The molecule has 3 nitrogen and oxygen atoms in total. The van der Waals surface area contributed by atoms with Gasteiger partial charge in [-0.1, -0.05) is 18.2 Å². The van der Waals surface area contributed by atoms with Crippen molar-refractivity contribution in [3.8, 4) is 0 Å². The molecule has 0 bridgehead atoms. The molecular formula is C14H15N3. The number of benzene rings is 1. The zero-order chi connectivity index (χ0) is 11.8. The molecule has 0 N–H and O–H groups in total. The summed E-state index contributed by atoms with van der Waals surface area (Å²) in [5.74, 6) is 1.04. The summed E-state index contributed by atoms with van der Waals surface area (Å²) in [6.07, 6.45) is 2.14. The molecule has 1 aromatic heterocycles. The van der Waals surface area contributed by atoms with Gasteiger partial charge in [-0.2, -0.15) is 0 Å². The van der Waals surface area contributed by atoms with Gasteiger partial charge < -0.3 is 9.80 Å². The Labute approximate surface area is 101 Å². The molecule has 0 radical (unpaired) electrons. The first kappa shape index (κ1) is 10.1. The molecule has 0 saturated carbocycles. The number of fused-ring (bicyclic) bond motifs is 1. The number of hydrogen-bond donors (Lipinski definition) is 0. The van der Waals surface area contributed by atoms with Gasteiger partial charge in [0.25, 0.3) is 0 Å². The highest BCUT2D eigenvalue weighted by Gasteiger charge is 2.32. The molecule has 0 unspecified atom stereocenters. The van der Waals surface area contributed by atoms with Gasteiger partial charge in [0.1, 0.15) is 6.17 Å². The third-order valence-corrected chi connectivity index (χ3v) is 3.34. The number of para-hydroxylation sites is 1. The number of nitrogens with zero attached hydrogens (tertiary/aromatic N) is 3. The second kappa shape index (κ2) is 3.77. The second-order valence-electron chi connectivity index (χ2n) is 4.29. The van der Waals surface area contributed by atoms with Crippen molar-refractivity contribution >= 4 is 17.2 Å². The summed E-state index contributed by atoms with van der Waals surface area (Å²) in [7, 11) is 2.11. The Kier molecular flexibility index (Phi) is 2.25. The first-order valence-electron chi connectivity index (χ1n) is 5.81. The fraction of sp³-hybridized carbons (Fsp3) is 0.214. The van der Waals surface area contributed by atoms with Crippen molar-refractivity contribution in [2.75, 3.05) is 16.8 Å². The molecule has 3 heteroatoms. The second-order valence-corrected chi connectivity index (χ2v) is 4.29. The lowest BCUT2D eigenvalue weighted by molar-refractivity contribution is 0.731. The van der Waals surface area contributed by atoms with Gasteiger partial charge >= 0.3 is 0 Å². The summed E-state index contributed by atoms with van der Waals surface area (Å²) < 4.78 is 0. The van der Waals surface area contributed by atoms with Gasteiger partial charge in [0.15, 0.2) is 5.82 Å². The Bertz CT molecular complexity index is 524. The van der Waals surface area contributed by atoms with Crippen LogP contribution in [0.15, 0.2) is 48.7 Å². The van der Waals surface area contributed by atoms with Gasteiger partial charge in [0.2, 0.25) is 0 Å². The Balaban J connectivity index is 2.13. The first-order valence-corrected chi connectivity index (χ1v) is 5.81. The third kappa shape index (κ3) is 1.46. The standard InChI is InChI=1S/C14H15N3/c1-11-16(2)13-9-6-10-15-14(13)17(11)12-7-4-3-5-8-12/h3-11H,1-2H3/t11-/m0/s1. The van der Waals surface area contributed by atoms with Crippen molar-refractivity contribution in [3.05, 3.63) is 48.7 Å². The average Bonchev–Trinajstić information content (AvgIpc) is 2.64. The molecule has 1 aliphatic rings. The summed E-state index contributed by atoms with van der Waals surface area (Å²) in [4.78, 5) is 9.01. The smallest absolute Gasteiger partial charge is 0.158 e. The minimum atomic E-state index is 0.294. The van der Waals surface area contributed by atoms with E-state index in [1.807, 2.05) is 18.3 Å². The SMILES string of the molecule is C[C@H]1N(C)c2cccnc2N1c1ccccc1. The van der Waals surface area contributed by atoms with E-state index in [4.69, 9.17) is 0 Å². The van der Waals surface area contributed by atoms with Gasteiger partial charge in [-0.25, -0.2) is 4.98 Å². The van der Waals surface area contributed by atoms with Crippen LogP contribution in [0.4, 0.5) is 17.2 Å². The number of rotatable bonds is 1. The number of pyridine rings is 1. The third-order valence-electron chi connectivity index (χ3n) is 3.34. The van der Waals surface area contributed by atoms with E-state index in [0.29, 0.717) is 6.17 Å². The lowest BCUT2D eigenvalue weighted by Gasteiger charge is -2.26. The van der Waals surface area contributed by atoms with E-state index < -0.39 is 0 Å².